The van der Waals surface area contributed by atoms with Crippen molar-refractivity contribution in [3.8, 4) is 5.75 Å². The van der Waals surface area contributed by atoms with Crippen molar-refractivity contribution in [1.82, 2.24) is 0 Å². The van der Waals surface area contributed by atoms with Crippen LogP contribution in [0.25, 0.3) is 0 Å². The summed E-state index contributed by atoms with van der Waals surface area (Å²) in [6.45, 7) is 0. The number of hydrogen-bond donors (Lipinski definition) is 1. The van der Waals surface area contributed by atoms with Crippen LogP contribution in [0.2, 0.25) is 5.02 Å². The van der Waals surface area contributed by atoms with Crippen LogP contribution >= 0.6 is 11.6 Å². The molecule has 0 heterocycles. The Morgan fingerprint density at radius 3 is 2.43 bits per heavy atom. The van der Waals surface area contributed by atoms with Gasteiger partial charge in [0.05, 0.1) is 5.56 Å². The van der Waals surface area contributed by atoms with Crippen molar-refractivity contribution >= 4 is 23.2 Å². The lowest BCUT2D eigenvalue weighted by Gasteiger charge is -2.10. The van der Waals surface area contributed by atoms with Gasteiger partial charge in [-0.05, 0) is 24.3 Å². The van der Waals surface area contributed by atoms with E-state index in [-0.39, 0.29) is 33.5 Å². The fraction of sp³-hybridized carbons (Fsp3) is 0. The van der Waals surface area contributed by atoms with Gasteiger partial charge in [-0.25, -0.2) is 0 Å². The summed E-state index contributed by atoms with van der Waals surface area (Å²) in [6, 6.07) is 2.62. The fourth-order valence-electron chi connectivity index (χ4n) is 1.37. The molecule has 0 radical (unpaired) electrons. The molecule has 0 unspecified atom stereocenters. The van der Waals surface area contributed by atoms with Crippen molar-refractivity contribution in [3.05, 3.63) is 40.4 Å². The molecule has 0 bridgehead atoms. The highest BCUT2D eigenvalue weighted by atomic mass is 35.5. The topological polar surface area (TPSA) is 54.4 Å². The summed E-state index contributed by atoms with van der Waals surface area (Å²) in [4.78, 5) is 22.6. The number of halogens is 1. The van der Waals surface area contributed by atoms with Crippen LogP contribution < -0.4 is 0 Å². The Balaban J connectivity index is 2.78. The number of rotatable bonds is 0. The molecule has 1 N–H and O–H groups in total. The van der Waals surface area contributed by atoms with E-state index >= 15 is 0 Å². The molecule has 0 aliphatic heterocycles. The minimum atomic E-state index is -0.381. The summed E-state index contributed by atoms with van der Waals surface area (Å²) in [5.41, 5.74) is 0.185. The Labute approximate surface area is 84.6 Å². The highest BCUT2D eigenvalue weighted by molar-refractivity contribution is 6.32. The molecule has 3 nitrogen and oxygen atoms in total. The smallest absolute Gasteiger partial charge is 0.190 e. The normalized spacial score (nSPS) is 14.4. The van der Waals surface area contributed by atoms with Crippen molar-refractivity contribution < 1.29 is 14.7 Å². The van der Waals surface area contributed by atoms with Crippen molar-refractivity contribution in [2.75, 3.05) is 0 Å². The van der Waals surface area contributed by atoms with Crippen molar-refractivity contribution in [1.29, 1.82) is 0 Å². The largest absolute Gasteiger partial charge is 0.507 e. The fourth-order valence-corrected chi connectivity index (χ4v) is 1.58. The Hall–Kier alpha value is -1.61. The first-order valence-electron chi connectivity index (χ1n) is 3.89. The summed E-state index contributed by atoms with van der Waals surface area (Å²) in [6.07, 6.45) is 2.30. The van der Waals surface area contributed by atoms with Crippen LogP contribution in [-0.4, -0.2) is 16.7 Å². The number of allylic oxidation sites excluding steroid dienone is 2. The Kier molecular flexibility index (Phi) is 1.89. The first kappa shape index (κ1) is 8.97. The van der Waals surface area contributed by atoms with Crippen molar-refractivity contribution in [2.45, 2.75) is 0 Å². The van der Waals surface area contributed by atoms with Crippen LogP contribution in [0.3, 0.4) is 0 Å². The highest BCUT2D eigenvalue weighted by Gasteiger charge is 2.22. The molecule has 1 aromatic rings. The Morgan fingerprint density at radius 1 is 1.07 bits per heavy atom. The van der Waals surface area contributed by atoms with E-state index in [1.165, 1.54) is 18.2 Å². The average Bonchev–Trinajstić information content (AvgIpc) is 2.10. The molecule has 0 aromatic heterocycles. The van der Waals surface area contributed by atoms with Gasteiger partial charge in [-0.2, -0.15) is 0 Å². The number of carbonyl (C=O) groups excluding carboxylic acids is 2. The Bertz CT molecular complexity index is 475. The van der Waals surface area contributed by atoms with Crippen LogP contribution in [0.4, 0.5) is 0 Å². The minimum absolute atomic E-state index is 0.0295. The van der Waals surface area contributed by atoms with Gasteiger partial charge < -0.3 is 5.11 Å². The molecule has 0 saturated heterocycles. The second kappa shape index (κ2) is 2.96. The summed E-state index contributed by atoms with van der Waals surface area (Å²) < 4.78 is 0. The average molecular weight is 209 g/mol. The lowest BCUT2D eigenvalue weighted by atomic mass is 9.94. The second-order valence-electron chi connectivity index (χ2n) is 2.91. The molecule has 0 saturated carbocycles. The predicted molar refractivity (Wildman–Crippen MR) is 50.9 cm³/mol. The van der Waals surface area contributed by atoms with E-state index < -0.39 is 0 Å². The predicted octanol–water partition coefficient (Wildman–Crippen LogP) is 1.98. The number of aromatic hydroxyl groups is 1. The van der Waals surface area contributed by atoms with Gasteiger partial charge in [-0.15, -0.1) is 0 Å². The maximum absolute atomic E-state index is 11.3. The van der Waals surface area contributed by atoms with E-state index in [9.17, 15) is 14.7 Å². The van der Waals surface area contributed by atoms with Gasteiger partial charge in [0, 0.05) is 10.6 Å². The number of phenolic OH excluding ortho intramolecular Hbond substituents is 1. The molecule has 2 rings (SSSR count). The van der Waals surface area contributed by atoms with Gasteiger partial charge in [0.1, 0.15) is 5.75 Å². The van der Waals surface area contributed by atoms with Gasteiger partial charge in [0.25, 0.3) is 0 Å². The Morgan fingerprint density at radius 2 is 1.71 bits per heavy atom. The van der Waals surface area contributed by atoms with Gasteiger partial charge in [0.15, 0.2) is 11.6 Å². The van der Waals surface area contributed by atoms with E-state index in [1.54, 1.807) is 0 Å². The summed E-state index contributed by atoms with van der Waals surface area (Å²) in [5, 5.41) is 9.67. The maximum Gasteiger partial charge on any atom is 0.190 e. The molecule has 1 aromatic carbocycles. The molecule has 0 atom stereocenters. The van der Waals surface area contributed by atoms with Gasteiger partial charge in [-0.1, -0.05) is 11.6 Å². The van der Waals surface area contributed by atoms with E-state index in [4.69, 9.17) is 11.6 Å². The van der Waals surface area contributed by atoms with Gasteiger partial charge >= 0.3 is 0 Å². The molecule has 0 fully saturated rings. The molecular formula is C10H5ClO3. The summed E-state index contributed by atoms with van der Waals surface area (Å²) in [7, 11) is 0. The first-order chi connectivity index (χ1) is 6.59. The number of ketones is 2. The van der Waals surface area contributed by atoms with Gasteiger partial charge in [0.2, 0.25) is 0 Å². The highest BCUT2D eigenvalue weighted by Crippen LogP contribution is 2.29. The molecule has 0 spiro atoms. The number of benzene rings is 1. The number of phenols is 1. The SMILES string of the molecule is O=C1C=CC(=O)c2c(O)cc(Cl)cc21. The zero-order valence-corrected chi connectivity index (χ0v) is 7.71. The zero-order valence-electron chi connectivity index (χ0n) is 6.95. The second-order valence-corrected chi connectivity index (χ2v) is 3.35. The van der Waals surface area contributed by atoms with Gasteiger partial charge in [-0.3, -0.25) is 9.59 Å². The number of carbonyl (C=O) groups is 2. The zero-order chi connectivity index (χ0) is 10.3. The van der Waals surface area contributed by atoms with Crippen LogP contribution in [-0.2, 0) is 0 Å². The molecular weight excluding hydrogens is 204 g/mol. The lowest BCUT2D eigenvalue weighted by Crippen LogP contribution is -2.11. The molecule has 70 valence electrons. The van der Waals surface area contributed by atoms with Crippen LogP contribution in [0.5, 0.6) is 5.75 Å². The maximum atomic E-state index is 11.3. The molecule has 0 amide bonds. The van der Waals surface area contributed by atoms with Crippen LogP contribution in [0.1, 0.15) is 20.7 Å². The molecule has 1 aliphatic carbocycles. The van der Waals surface area contributed by atoms with Crippen molar-refractivity contribution in [2.24, 2.45) is 0 Å². The van der Waals surface area contributed by atoms with Crippen molar-refractivity contribution in [3.63, 3.8) is 0 Å². The number of hydrogen-bond acceptors (Lipinski definition) is 3. The van der Waals surface area contributed by atoms with Crippen LogP contribution in [0, 0.1) is 0 Å². The quantitative estimate of drug-likeness (QED) is 0.709. The summed E-state index contributed by atoms with van der Waals surface area (Å²) in [5.74, 6) is -0.957. The third-order valence-electron chi connectivity index (χ3n) is 1.98. The number of fused-ring (bicyclic) bond motifs is 1. The molecule has 14 heavy (non-hydrogen) atoms. The lowest BCUT2D eigenvalue weighted by molar-refractivity contribution is 0.0991. The monoisotopic (exact) mass is 208 g/mol. The van der Waals surface area contributed by atoms with E-state index in [2.05, 4.69) is 0 Å². The third-order valence-corrected chi connectivity index (χ3v) is 2.20. The molecule has 4 heteroatoms. The molecule has 1 aliphatic rings. The first-order valence-corrected chi connectivity index (χ1v) is 4.26. The van der Waals surface area contributed by atoms with E-state index in [0.29, 0.717) is 0 Å². The van der Waals surface area contributed by atoms with E-state index in [0.717, 1.165) is 6.08 Å². The summed E-state index contributed by atoms with van der Waals surface area (Å²) >= 11 is 5.65. The van der Waals surface area contributed by atoms with Crippen LogP contribution in [0.15, 0.2) is 24.3 Å². The minimum Gasteiger partial charge on any atom is -0.507 e. The van der Waals surface area contributed by atoms with E-state index in [1.807, 2.05) is 0 Å². The standard InChI is InChI=1S/C10H5ClO3/c11-5-3-6-7(12)1-2-8(13)10(6)9(14)4-5/h1-4,14H. The third kappa shape index (κ3) is 1.22.